The lowest BCUT2D eigenvalue weighted by Gasteiger charge is -2.34. The molecule has 3 rings (SSSR count). The molecule has 0 aromatic heterocycles. The molecule has 1 spiro atoms. The van der Waals surface area contributed by atoms with Crippen LogP contribution in [0.3, 0.4) is 0 Å². The largest absolute Gasteiger partial charge is 0.316 e. The van der Waals surface area contributed by atoms with E-state index < -0.39 is 0 Å². The maximum absolute atomic E-state index is 3.55. The Labute approximate surface area is 106 Å². The Morgan fingerprint density at radius 1 is 1.06 bits per heavy atom. The van der Waals surface area contributed by atoms with Crippen molar-refractivity contribution in [2.75, 3.05) is 32.7 Å². The first kappa shape index (κ1) is 12.0. The van der Waals surface area contributed by atoms with Gasteiger partial charge in [-0.15, -0.1) is 0 Å². The van der Waals surface area contributed by atoms with Gasteiger partial charge in [0.05, 0.1) is 0 Å². The standard InChI is InChI=1S/C15H28N2/c1-2-6-15(7-3-1)8-10-17(13-15)12-14-5-4-9-16-11-14/h14,16H,1-13H2. The molecule has 3 aliphatic rings. The minimum absolute atomic E-state index is 0.750. The van der Waals surface area contributed by atoms with Crippen LogP contribution in [0.2, 0.25) is 0 Å². The van der Waals surface area contributed by atoms with Crippen LogP contribution in [0, 0.1) is 11.3 Å². The van der Waals surface area contributed by atoms with Crippen molar-refractivity contribution in [1.29, 1.82) is 0 Å². The molecule has 0 bridgehead atoms. The van der Waals surface area contributed by atoms with E-state index in [1.54, 1.807) is 0 Å². The summed E-state index contributed by atoms with van der Waals surface area (Å²) in [5.74, 6) is 0.933. The molecule has 0 radical (unpaired) electrons. The molecule has 1 unspecified atom stereocenters. The fourth-order valence-corrected chi connectivity index (χ4v) is 4.34. The summed E-state index contributed by atoms with van der Waals surface area (Å²) < 4.78 is 0. The van der Waals surface area contributed by atoms with Crippen molar-refractivity contribution in [3.8, 4) is 0 Å². The Kier molecular flexibility index (Phi) is 3.72. The molecule has 2 saturated heterocycles. The van der Waals surface area contributed by atoms with Crippen molar-refractivity contribution in [3.05, 3.63) is 0 Å². The van der Waals surface area contributed by atoms with E-state index in [0.717, 1.165) is 11.3 Å². The molecule has 2 heteroatoms. The minimum atomic E-state index is 0.750. The molecule has 0 aromatic rings. The van der Waals surface area contributed by atoms with Gasteiger partial charge in [0.25, 0.3) is 0 Å². The van der Waals surface area contributed by atoms with Gasteiger partial charge in [-0.2, -0.15) is 0 Å². The number of piperidine rings is 1. The Hall–Kier alpha value is -0.0800. The number of nitrogens with one attached hydrogen (secondary N) is 1. The highest BCUT2D eigenvalue weighted by Crippen LogP contribution is 2.43. The highest BCUT2D eigenvalue weighted by Gasteiger charge is 2.39. The van der Waals surface area contributed by atoms with Gasteiger partial charge in [0, 0.05) is 13.1 Å². The first-order valence-corrected chi connectivity index (χ1v) is 7.79. The van der Waals surface area contributed by atoms with Crippen LogP contribution in [0.5, 0.6) is 0 Å². The summed E-state index contributed by atoms with van der Waals surface area (Å²) in [4.78, 5) is 2.78. The van der Waals surface area contributed by atoms with Gasteiger partial charge in [-0.25, -0.2) is 0 Å². The fourth-order valence-electron chi connectivity index (χ4n) is 4.34. The summed E-state index contributed by atoms with van der Waals surface area (Å²) in [7, 11) is 0. The number of nitrogens with zero attached hydrogens (tertiary/aromatic N) is 1. The van der Waals surface area contributed by atoms with Crippen LogP contribution < -0.4 is 5.32 Å². The van der Waals surface area contributed by atoms with Crippen molar-refractivity contribution in [3.63, 3.8) is 0 Å². The summed E-state index contributed by atoms with van der Waals surface area (Å²) in [6.07, 6.45) is 11.9. The summed E-state index contributed by atoms with van der Waals surface area (Å²) >= 11 is 0. The predicted octanol–water partition coefficient (Wildman–Crippen LogP) is 2.64. The van der Waals surface area contributed by atoms with Crippen molar-refractivity contribution < 1.29 is 0 Å². The quantitative estimate of drug-likeness (QED) is 0.793. The first-order valence-electron chi connectivity index (χ1n) is 7.79. The Morgan fingerprint density at radius 3 is 2.71 bits per heavy atom. The molecular weight excluding hydrogens is 208 g/mol. The second-order valence-electron chi connectivity index (χ2n) is 6.76. The molecule has 2 aliphatic heterocycles. The van der Waals surface area contributed by atoms with E-state index in [9.17, 15) is 0 Å². The highest BCUT2D eigenvalue weighted by atomic mass is 15.2. The third-order valence-corrected chi connectivity index (χ3v) is 5.35. The van der Waals surface area contributed by atoms with Gasteiger partial charge in [0.2, 0.25) is 0 Å². The molecular formula is C15H28N2. The molecule has 1 atom stereocenters. The van der Waals surface area contributed by atoms with Gasteiger partial charge in [0.1, 0.15) is 0 Å². The molecule has 98 valence electrons. The van der Waals surface area contributed by atoms with Gasteiger partial charge in [-0.1, -0.05) is 19.3 Å². The van der Waals surface area contributed by atoms with Crippen molar-refractivity contribution >= 4 is 0 Å². The van der Waals surface area contributed by atoms with Crippen LogP contribution in [0.1, 0.15) is 51.4 Å². The van der Waals surface area contributed by atoms with Crippen LogP contribution in [-0.4, -0.2) is 37.6 Å². The third-order valence-electron chi connectivity index (χ3n) is 5.35. The molecule has 2 nitrogen and oxygen atoms in total. The molecule has 2 heterocycles. The molecule has 1 aliphatic carbocycles. The second-order valence-corrected chi connectivity index (χ2v) is 6.76. The van der Waals surface area contributed by atoms with Crippen molar-refractivity contribution in [2.45, 2.75) is 51.4 Å². The van der Waals surface area contributed by atoms with Crippen LogP contribution >= 0.6 is 0 Å². The maximum atomic E-state index is 3.55. The van der Waals surface area contributed by atoms with Gasteiger partial charge in [-0.05, 0) is 63.1 Å². The molecule has 0 aromatic carbocycles. The predicted molar refractivity (Wildman–Crippen MR) is 72.2 cm³/mol. The van der Waals surface area contributed by atoms with Crippen LogP contribution in [-0.2, 0) is 0 Å². The van der Waals surface area contributed by atoms with Crippen molar-refractivity contribution in [1.82, 2.24) is 10.2 Å². The molecule has 17 heavy (non-hydrogen) atoms. The lowest BCUT2D eigenvalue weighted by Crippen LogP contribution is -2.38. The second kappa shape index (κ2) is 5.27. The smallest absolute Gasteiger partial charge is 0.00386 e. The van der Waals surface area contributed by atoms with E-state index in [4.69, 9.17) is 0 Å². The Balaban J connectivity index is 1.49. The zero-order chi connectivity index (χ0) is 11.6. The average molecular weight is 236 g/mol. The maximum Gasteiger partial charge on any atom is 0.00386 e. The number of likely N-dealkylation sites (tertiary alicyclic amines) is 1. The number of hydrogen-bond donors (Lipinski definition) is 1. The van der Waals surface area contributed by atoms with Crippen molar-refractivity contribution in [2.24, 2.45) is 11.3 Å². The summed E-state index contributed by atoms with van der Waals surface area (Å²) in [6, 6.07) is 0. The fraction of sp³-hybridized carbons (Fsp3) is 1.00. The average Bonchev–Trinajstić information content (AvgIpc) is 2.74. The topological polar surface area (TPSA) is 15.3 Å². The minimum Gasteiger partial charge on any atom is -0.316 e. The molecule has 1 N–H and O–H groups in total. The van der Waals surface area contributed by atoms with Gasteiger partial charge in [0.15, 0.2) is 0 Å². The lowest BCUT2D eigenvalue weighted by atomic mass is 9.73. The normalized spacial score (nSPS) is 34.2. The third kappa shape index (κ3) is 2.85. The van der Waals surface area contributed by atoms with Gasteiger partial charge < -0.3 is 10.2 Å². The van der Waals surface area contributed by atoms with Gasteiger partial charge in [-0.3, -0.25) is 0 Å². The Bertz CT molecular complexity index is 239. The zero-order valence-corrected chi connectivity index (χ0v) is 11.2. The molecule has 3 fully saturated rings. The number of hydrogen-bond acceptors (Lipinski definition) is 2. The summed E-state index contributed by atoms with van der Waals surface area (Å²) in [6.45, 7) is 6.69. The lowest BCUT2D eigenvalue weighted by molar-refractivity contribution is 0.170. The van der Waals surface area contributed by atoms with E-state index in [2.05, 4.69) is 10.2 Å². The van der Waals surface area contributed by atoms with E-state index >= 15 is 0 Å². The van der Waals surface area contributed by atoms with E-state index in [1.807, 2.05) is 0 Å². The van der Waals surface area contributed by atoms with Crippen LogP contribution in [0.4, 0.5) is 0 Å². The van der Waals surface area contributed by atoms with Crippen LogP contribution in [0.25, 0.3) is 0 Å². The van der Waals surface area contributed by atoms with Crippen LogP contribution in [0.15, 0.2) is 0 Å². The van der Waals surface area contributed by atoms with E-state index in [0.29, 0.717) is 0 Å². The summed E-state index contributed by atoms with van der Waals surface area (Å²) in [5, 5.41) is 3.55. The Morgan fingerprint density at radius 2 is 1.94 bits per heavy atom. The SMILES string of the molecule is C1CCC2(CC1)CCN(CC1CCCNC1)C2. The molecule has 1 saturated carbocycles. The zero-order valence-electron chi connectivity index (χ0n) is 11.2. The molecule has 0 amide bonds. The number of rotatable bonds is 2. The summed E-state index contributed by atoms with van der Waals surface area (Å²) in [5.41, 5.74) is 0.750. The highest BCUT2D eigenvalue weighted by molar-refractivity contribution is 4.92. The first-order chi connectivity index (χ1) is 8.36. The van der Waals surface area contributed by atoms with Gasteiger partial charge >= 0.3 is 0 Å². The van der Waals surface area contributed by atoms with E-state index in [1.165, 1.54) is 84.1 Å². The monoisotopic (exact) mass is 236 g/mol. The van der Waals surface area contributed by atoms with E-state index in [-0.39, 0.29) is 0 Å².